The smallest absolute Gasteiger partial charge is 0.341 e. The molecule has 1 aromatic carbocycles. The maximum Gasteiger partial charge on any atom is 0.341 e. The van der Waals surface area contributed by atoms with Crippen molar-refractivity contribution in [1.82, 2.24) is 4.98 Å². The van der Waals surface area contributed by atoms with Crippen LogP contribution in [0.2, 0.25) is 0 Å². The Kier molecular flexibility index (Phi) is 4.24. The molecule has 0 saturated heterocycles. The summed E-state index contributed by atoms with van der Waals surface area (Å²) in [6.45, 7) is 1.98. The highest BCUT2D eigenvalue weighted by molar-refractivity contribution is 9.10. The van der Waals surface area contributed by atoms with Crippen LogP contribution in [-0.2, 0) is 4.74 Å². The number of esters is 1. The van der Waals surface area contributed by atoms with Crippen molar-refractivity contribution < 1.29 is 9.53 Å². The van der Waals surface area contributed by atoms with Crippen molar-refractivity contribution in [3.05, 3.63) is 46.1 Å². The van der Waals surface area contributed by atoms with Crippen LogP contribution < -0.4 is 11.1 Å². The van der Waals surface area contributed by atoms with E-state index in [4.69, 9.17) is 10.5 Å². The fourth-order valence-corrected chi connectivity index (χ4v) is 2.05. The second-order valence-electron chi connectivity index (χ2n) is 4.26. The van der Waals surface area contributed by atoms with Crippen molar-refractivity contribution >= 4 is 39.1 Å². The van der Waals surface area contributed by atoms with Crippen molar-refractivity contribution in [2.45, 2.75) is 6.92 Å². The molecule has 0 atom stereocenters. The molecule has 0 aliphatic rings. The van der Waals surface area contributed by atoms with Gasteiger partial charge in [0.05, 0.1) is 24.7 Å². The molecule has 0 amide bonds. The van der Waals surface area contributed by atoms with E-state index in [-0.39, 0.29) is 0 Å². The lowest BCUT2D eigenvalue weighted by molar-refractivity contribution is 0.0601. The Morgan fingerprint density at radius 1 is 1.40 bits per heavy atom. The summed E-state index contributed by atoms with van der Waals surface area (Å²) >= 11 is 3.45. The van der Waals surface area contributed by atoms with Crippen LogP contribution in [0.5, 0.6) is 0 Å². The lowest BCUT2D eigenvalue weighted by Crippen LogP contribution is -2.08. The average molecular weight is 336 g/mol. The number of carbonyl (C=O) groups excluding carboxylic acids is 1. The number of aromatic nitrogens is 1. The lowest BCUT2D eigenvalue weighted by Gasteiger charge is -2.12. The minimum Gasteiger partial charge on any atom is -0.465 e. The summed E-state index contributed by atoms with van der Waals surface area (Å²) in [5.41, 5.74) is 8.26. The zero-order chi connectivity index (χ0) is 14.7. The van der Waals surface area contributed by atoms with E-state index in [1.165, 1.54) is 19.4 Å². The number of nitrogen functional groups attached to an aromatic ring is 1. The Morgan fingerprint density at radius 2 is 2.15 bits per heavy atom. The average Bonchev–Trinajstić information content (AvgIpc) is 2.43. The zero-order valence-electron chi connectivity index (χ0n) is 11.1. The molecule has 0 aliphatic carbocycles. The Labute approximate surface area is 125 Å². The van der Waals surface area contributed by atoms with Gasteiger partial charge in [-0.1, -0.05) is 6.07 Å². The molecule has 1 heterocycles. The van der Waals surface area contributed by atoms with E-state index in [1.807, 2.05) is 25.1 Å². The maximum atomic E-state index is 11.8. The molecule has 0 saturated carbocycles. The number of nitrogens with two attached hydrogens (primary N) is 1. The van der Waals surface area contributed by atoms with E-state index >= 15 is 0 Å². The van der Waals surface area contributed by atoms with Gasteiger partial charge in [-0.15, -0.1) is 0 Å². The summed E-state index contributed by atoms with van der Waals surface area (Å²) < 4.78 is 5.61. The molecule has 0 bridgehead atoms. The van der Waals surface area contributed by atoms with Gasteiger partial charge in [0.25, 0.3) is 0 Å². The number of hydrogen-bond donors (Lipinski definition) is 2. The number of benzene rings is 1. The molecule has 0 aliphatic heterocycles. The summed E-state index contributed by atoms with van der Waals surface area (Å²) in [6, 6.07) is 7.38. The van der Waals surface area contributed by atoms with E-state index in [2.05, 4.69) is 26.2 Å². The summed E-state index contributed by atoms with van der Waals surface area (Å²) in [5.74, 6) is -0.0894. The van der Waals surface area contributed by atoms with Crippen LogP contribution in [0.1, 0.15) is 15.9 Å². The molecule has 2 rings (SSSR count). The summed E-state index contributed by atoms with van der Waals surface area (Å²) in [6.07, 6.45) is 1.48. The molecular weight excluding hydrogens is 322 g/mol. The minimum atomic E-state index is -0.490. The van der Waals surface area contributed by atoms with Crippen molar-refractivity contribution in [3.63, 3.8) is 0 Å². The Hall–Kier alpha value is -2.08. The standard InChI is InChI=1S/C14H14BrN3O2/c1-8-3-4-11(15)12(5-8)18-13-10(14(19)20-2)6-9(16)7-17-13/h3-7H,16H2,1-2H3,(H,17,18). The zero-order valence-corrected chi connectivity index (χ0v) is 12.7. The highest BCUT2D eigenvalue weighted by Crippen LogP contribution is 2.28. The van der Waals surface area contributed by atoms with E-state index in [1.54, 1.807) is 0 Å². The largest absolute Gasteiger partial charge is 0.465 e. The number of aryl methyl sites for hydroxylation is 1. The number of nitrogens with one attached hydrogen (secondary N) is 1. The molecule has 1 aromatic heterocycles. The number of halogens is 1. The molecule has 2 aromatic rings. The molecule has 0 fully saturated rings. The predicted octanol–water partition coefficient (Wildman–Crippen LogP) is 3.26. The molecule has 104 valence electrons. The normalized spacial score (nSPS) is 10.2. The van der Waals surface area contributed by atoms with E-state index in [0.717, 1.165) is 15.7 Å². The van der Waals surface area contributed by atoms with Crippen LogP contribution in [0, 0.1) is 6.92 Å². The van der Waals surface area contributed by atoms with Gasteiger partial charge in [0, 0.05) is 4.47 Å². The molecule has 6 heteroatoms. The van der Waals surface area contributed by atoms with Gasteiger partial charge in [0.1, 0.15) is 11.4 Å². The SMILES string of the molecule is COC(=O)c1cc(N)cnc1Nc1cc(C)ccc1Br. The quantitative estimate of drug-likeness (QED) is 0.842. The first-order valence-electron chi connectivity index (χ1n) is 5.88. The van der Waals surface area contributed by atoms with E-state index in [0.29, 0.717) is 17.1 Å². The van der Waals surface area contributed by atoms with Gasteiger partial charge in [0.15, 0.2) is 0 Å². The van der Waals surface area contributed by atoms with Gasteiger partial charge in [-0.3, -0.25) is 0 Å². The minimum absolute atomic E-state index is 0.293. The van der Waals surface area contributed by atoms with Crippen LogP contribution in [-0.4, -0.2) is 18.1 Å². The van der Waals surface area contributed by atoms with Gasteiger partial charge < -0.3 is 15.8 Å². The number of methoxy groups -OCH3 is 1. The molecule has 3 N–H and O–H groups in total. The summed E-state index contributed by atoms with van der Waals surface area (Å²) in [4.78, 5) is 15.9. The Balaban J connectivity index is 2.43. The Bertz CT molecular complexity index is 659. The fourth-order valence-electron chi connectivity index (χ4n) is 1.71. The van der Waals surface area contributed by atoms with Gasteiger partial charge >= 0.3 is 5.97 Å². The van der Waals surface area contributed by atoms with Crippen molar-refractivity contribution in [2.24, 2.45) is 0 Å². The summed E-state index contributed by atoms with van der Waals surface area (Å²) in [5, 5.41) is 3.11. The third-order valence-corrected chi connectivity index (χ3v) is 3.38. The van der Waals surface area contributed by atoms with Crippen LogP contribution in [0.25, 0.3) is 0 Å². The Morgan fingerprint density at radius 3 is 2.85 bits per heavy atom. The molecule has 0 radical (unpaired) electrons. The lowest BCUT2D eigenvalue weighted by atomic mass is 10.2. The first kappa shape index (κ1) is 14.3. The fraction of sp³-hybridized carbons (Fsp3) is 0.143. The van der Waals surface area contributed by atoms with Crippen molar-refractivity contribution in [2.75, 3.05) is 18.2 Å². The highest BCUT2D eigenvalue weighted by Gasteiger charge is 2.15. The van der Waals surface area contributed by atoms with Gasteiger partial charge in [-0.25, -0.2) is 9.78 Å². The number of pyridine rings is 1. The highest BCUT2D eigenvalue weighted by atomic mass is 79.9. The maximum absolute atomic E-state index is 11.8. The van der Waals surface area contributed by atoms with Crippen molar-refractivity contribution in [1.29, 1.82) is 0 Å². The van der Waals surface area contributed by atoms with Gasteiger partial charge in [-0.2, -0.15) is 0 Å². The molecule has 20 heavy (non-hydrogen) atoms. The van der Waals surface area contributed by atoms with Crippen LogP contribution in [0.4, 0.5) is 17.2 Å². The third kappa shape index (κ3) is 3.08. The number of nitrogens with zero attached hydrogens (tertiary/aromatic N) is 1. The number of ether oxygens (including phenoxy) is 1. The second-order valence-corrected chi connectivity index (χ2v) is 5.12. The number of anilines is 3. The number of hydrogen-bond acceptors (Lipinski definition) is 5. The molecule has 0 unspecified atom stereocenters. The van der Waals surface area contributed by atoms with Gasteiger partial charge in [-0.05, 0) is 46.6 Å². The predicted molar refractivity (Wildman–Crippen MR) is 82.2 cm³/mol. The van der Waals surface area contributed by atoms with Gasteiger partial charge in [0.2, 0.25) is 0 Å². The first-order valence-corrected chi connectivity index (χ1v) is 6.67. The molecule has 0 spiro atoms. The monoisotopic (exact) mass is 335 g/mol. The summed E-state index contributed by atoms with van der Waals surface area (Å²) in [7, 11) is 1.32. The van der Waals surface area contributed by atoms with E-state index in [9.17, 15) is 4.79 Å². The van der Waals surface area contributed by atoms with E-state index < -0.39 is 5.97 Å². The topological polar surface area (TPSA) is 77.2 Å². The molecular formula is C14H14BrN3O2. The number of rotatable bonds is 3. The van der Waals surface area contributed by atoms with Crippen LogP contribution >= 0.6 is 15.9 Å². The molecule has 5 nitrogen and oxygen atoms in total. The second kappa shape index (κ2) is 5.92. The number of carbonyl (C=O) groups is 1. The first-order chi connectivity index (χ1) is 9.51. The third-order valence-electron chi connectivity index (χ3n) is 2.69. The van der Waals surface area contributed by atoms with Crippen LogP contribution in [0.3, 0.4) is 0 Å². The van der Waals surface area contributed by atoms with Crippen LogP contribution in [0.15, 0.2) is 34.9 Å². The van der Waals surface area contributed by atoms with Crippen molar-refractivity contribution in [3.8, 4) is 0 Å².